The smallest absolute Gasteiger partial charge is 0.463 e. The van der Waals surface area contributed by atoms with Crippen LogP contribution >= 0.6 is 0 Å². The monoisotopic (exact) mass is 293 g/mol. The van der Waals surface area contributed by atoms with Gasteiger partial charge in [-0.25, -0.2) is 4.79 Å². The topological polar surface area (TPSA) is 104 Å². The zero-order valence-electron chi connectivity index (χ0n) is 9.00. The van der Waals surface area contributed by atoms with Crippen LogP contribution in [-0.2, 0) is 14.4 Å². The number of alkyl halides is 5. The fourth-order valence-electron chi connectivity index (χ4n) is 0.903. The molecular weight excluding hydrogens is 285 g/mol. The first kappa shape index (κ1) is 17.1. The van der Waals surface area contributed by atoms with Crippen molar-refractivity contribution in [2.45, 2.75) is 31.0 Å². The summed E-state index contributed by atoms with van der Waals surface area (Å²) in [5, 5.41) is 17.7. The summed E-state index contributed by atoms with van der Waals surface area (Å²) in [4.78, 5) is 31.3. The summed E-state index contributed by atoms with van der Waals surface area (Å²) in [6.07, 6.45) is -7.83. The van der Waals surface area contributed by atoms with Gasteiger partial charge in [0.15, 0.2) is 0 Å². The summed E-state index contributed by atoms with van der Waals surface area (Å²) >= 11 is 0. The van der Waals surface area contributed by atoms with Gasteiger partial charge >= 0.3 is 29.9 Å². The van der Waals surface area contributed by atoms with Crippen LogP contribution in [0, 0.1) is 0 Å². The number of nitrogens with one attached hydrogen (secondary N) is 1. The van der Waals surface area contributed by atoms with E-state index in [1.165, 1.54) is 0 Å². The number of carbonyl (C=O) groups is 3. The lowest BCUT2D eigenvalue weighted by molar-refractivity contribution is -0.270. The highest BCUT2D eigenvalue weighted by Crippen LogP contribution is 2.35. The number of hydrogen-bond donors (Lipinski definition) is 3. The minimum absolute atomic E-state index is 0.825. The summed E-state index contributed by atoms with van der Waals surface area (Å²) in [7, 11) is 0. The average molecular weight is 293 g/mol. The van der Waals surface area contributed by atoms with Crippen LogP contribution in [0.4, 0.5) is 22.0 Å². The summed E-state index contributed by atoms with van der Waals surface area (Å²) in [5.41, 5.74) is 0. The van der Waals surface area contributed by atoms with E-state index in [0.29, 0.717) is 0 Å². The SMILES string of the molecule is O=C(O)CC[C@H](NC(=O)C(F)(F)C(F)(F)F)C(=O)O. The molecule has 0 rings (SSSR count). The third-order valence-corrected chi connectivity index (χ3v) is 1.89. The lowest BCUT2D eigenvalue weighted by Gasteiger charge is -2.21. The van der Waals surface area contributed by atoms with Crippen molar-refractivity contribution in [3.8, 4) is 0 Å². The molecule has 0 aliphatic heterocycles. The molecule has 0 bridgehead atoms. The Kier molecular flexibility index (Phi) is 5.21. The predicted octanol–water partition coefficient (Wildman–Crippen LogP) is 0.618. The van der Waals surface area contributed by atoms with Crippen LogP contribution in [0.25, 0.3) is 0 Å². The number of carboxylic acid groups (broad SMARTS) is 2. The molecule has 0 aromatic carbocycles. The molecule has 0 aromatic heterocycles. The highest BCUT2D eigenvalue weighted by molar-refractivity contribution is 5.88. The van der Waals surface area contributed by atoms with Crippen molar-refractivity contribution in [1.29, 1.82) is 0 Å². The molecule has 19 heavy (non-hydrogen) atoms. The van der Waals surface area contributed by atoms with E-state index in [1.807, 2.05) is 0 Å². The molecule has 0 radical (unpaired) electrons. The molecule has 6 nitrogen and oxygen atoms in total. The van der Waals surface area contributed by atoms with E-state index in [2.05, 4.69) is 0 Å². The minimum atomic E-state index is -6.17. The van der Waals surface area contributed by atoms with Crippen molar-refractivity contribution in [3.63, 3.8) is 0 Å². The summed E-state index contributed by atoms with van der Waals surface area (Å²) in [5.74, 6) is -12.0. The molecule has 0 heterocycles. The van der Waals surface area contributed by atoms with Crippen molar-refractivity contribution < 1.29 is 46.5 Å². The average Bonchev–Trinajstić information content (AvgIpc) is 2.21. The number of carboxylic acids is 2. The van der Waals surface area contributed by atoms with Gasteiger partial charge in [-0.3, -0.25) is 9.59 Å². The molecule has 0 aromatic rings. The Balaban J connectivity index is 4.82. The summed E-state index contributed by atoms with van der Waals surface area (Å²) in [6.45, 7) is 0. The van der Waals surface area contributed by atoms with Crippen LogP contribution in [0.15, 0.2) is 0 Å². The molecule has 0 aliphatic carbocycles. The Hall–Kier alpha value is -1.94. The van der Waals surface area contributed by atoms with Gasteiger partial charge in [0.25, 0.3) is 0 Å². The lowest BCUT2D eigenvalue weighted by Crippen LogP contribution is -2.54. The maximum atomic E-state index is 12.5. The fourth-order valence-corrected chi connectivity index (χ4v) is 0.903. The van der Waals surface area contributed by atoms with E-state index in [0.717, 1.165) is 5.32 Å². The number of aliphatic carboxylic acids is 2. The first-order valence-corrected chi connectivity index (χ1v) is 4.59. The second-order valence-electron chi connectivity index (χ2n) is 3.37. The molecular formula is C8H8F5NO5. The maximum absolute atomic E-state index is 12.5. The molecule has 0 saturated carbocycles. The second-order valence-corrected chi connectivity index (χ2v) is 3.37. The standard InChI is InChI=1S/C8H8F5NO5/c9-7(10,8(11,12)13)6(19)14-3(5(17)18)1-2-4(15)16/h3H,1-2H2,(H,14,19)(H,15,16)(H,17,18)/t3-/m0/s1. The number of rotatable bonds is 6. The van der Waals surface area contributed by atoms with Crippen molar-refractivity contribution in [1.82, 2.24) is 5.32 Å². The van der Waals surface area contributed by atoms with Crippen LogP contribution < -0.4 is 5.32 Å². The van der Waals surface area contributed by atoms with Crippen molar-refractivity contribution >= 4 is 17.8 Å². The Bertz CT molecular complexity index is 380. The van der Waals surface area contributed by atoms with Crippen LogP contribution in [0.1, 0.15) is 12.8 Å². The van der Waals surface area contributed by atoms with Crippen LogP contribution in [0.2, 0.25) is 0 Å². The van der Waals surface area contributed by atoms with Gasteiger partial charge in [-0.1, -0.05) is 0 Å². The molecule has 1 atom stereocenters. The van der Waals surface area contributed by atoms with Crippen LogP contribution in [-0.4, -0.2) is 46.2 Å². The third kappa shape index (κ3) is 4.67. The van der Waals surface area contributed by atoms with Gasteiger partial charge in [-0.2, -0.15) is 22.0 Å². The van der Waals surface area contributed by atoms with Gasteiger partial charge in [-0.15, -0.1) is 0 Å². The molecule has 11 heteroatoms. The molecule has 0 saturated heterocycles. The number of amides is 1. The van der Waals surface area contributed by atoms with Gasteiger partial charge in [0.1, 0.15) is 6.04 Å². The predicted molar refractivity (Wildman–Crippen MR) is 47.4 cm³/mol. The number of hydrogen-bond acceptors (Lipinski definition) is 3. The largest absolute Gasteiger partial charge is 0.481 e. The lowest BCUT2D eigenvalue weighted by atomic mass is 10.1. The second kappa shape index (κ2) is 5.80. The van der Waals surface area contributed by atoms with Crippen molar-refractivity contribution in [3.05, 3.63) is 0 Å². The maximum Gasteiger partial charge on any atom is 0.463 e. The Morgan fingerprint density at radius 2 is 1.53 bits per heavy atom. The summed E-state index contributed by atoms with van der Waals surface area (Å²) < 4.78 is 60.4. The van der Waals surface area contributed by atoms with Crippen LogP contribution in [0.5, 0.6) is 0 Å². The molecule has 1 amide bonds. The first-order chi connectivity index (χ1) is 8.39. The Morgan fingerprint density at radius 3 is 1.84 bits per heavy atom. The van der Waals surface area contributed by atoms with Gasteiger partial charge in [0.05, 0.1) is 0 Å². The van der Waals surface area contributed by atoms with E-state index in [4.69, 9.17) is 10.2 Å². The summed E-state index contributed by atoms with van der Waals surface area (Å²) in [6, 6.07) is -2.16. The zero-order valence-corrected chi connectivity index (χ0v) is 9.00. The number of halogens is 5. The van der Waals surface area contributed by atoms with Gasteiger partial charge < -0.3 is 15.5 Å². The minimum Gasteiger partial charge on any atom is -0.481 e. The molecule has 110 valence electrons. The normalized spacial score (nSPS) is 13.7. The molecule has 0 aliphatic rings. The Morgan fingerprint density at radius 1 is 1.05 bits per heavy atom. The highest BCUT2D eigenvalue weighted by atomic mass is 19.4. The van der Waals surface area contributed by atoms with E-state index in [9.17, 15) is 36.3 Å². The van der Waals surface area contributed by atoms with E-state index >= 15 is 0 Å². The Labute approximate surface area is 102 Å². The first-order valence-electron chi connectivity index (χ1n) is 4.59. The van der Waals surface area contributed by atoms with E-state index in [-0.39, 0.29) is 0 Å². The molecule has 3 N–H and O–H groups in total. The molecule has 0 spiro atoms. The van der Waals surface area contributed by atoms with Gasteiger partial charge in [0.2, 0.25) is 0 Å². The van der Waals surface area contributed by atoms with Gasteiger partial charge in [0, 0.05) is 6.42 Å². The molecule has 0 fully saturated rings. The molecule has 0 unspecified atom stereocenters. The van der Waals surface area contributed by atoms with E-state index in [1.54, 1.807) is 0 Å². The number of carbonyl (C=O) groups excluding carboxylic acids is 1. The fraction of sp³-hybridized carbons (Fsp3) is 0.625. The van der Waals surface area contributed by atoms with Crippen molar-refractivity contribution in [2.75, 3.05) is 0 Å². The quantitative estimate of drug-likeness (QED) is 0.623. The zero-order chi connectivity index (χ0) is 15.4. The van der Waals surface area contributed by atoms with Gasteiger partial charge in [-0.05, 0) is 6.42 Å². The highest BCUT2D eigenvalue weighted by Gasteiger charge is 2.63. The van der Waals surface area contributed by atoms with Crippen LogP contribution in [0.3, 0.4) is 0 Å². The third-order valence-electron chi connectivity index (χ3n) is 1.89. The van der Waals surface area contributed by atoms with Crippen molar-refractivity contribution in [2.24, 2.45) is 0 Å². The van der Waals surface area contributed by atoms with E-state index < -0.39 is 48.8 Å².